The summed E-state index contributed by atoms with van der Waals surface area (Å²) < 4.78 is 6.99. The van der Waals surface area contributed by atoms with E-state index in [9.17, 15) is 4.79 Å². The molecule has 1 unspecified atom stereocenters. The minimum atomic E-state index is -0.431. The van der Waals surface area contributed by atoms with E-state index in [4.69, 9.17) is 4.74 Å². The van der Waals surface area contributed by atoms with Gasteiger partial charge in [0.2, 0.25) is 0 Å². The van der Waals surface area contributed by atoms with Gasteiger partial charge in [-0.2, -0.15) is 0 Å². The molecule has 0 aromatic heterocycles. The van der Waals surface area contributed by atoms with Crippen molar-refractivity contribution in [1.29, 1.82) is 0 Å². The van der Waals surface area contributed by atoms with Crippen molar-refractivity contribution in [2.45, 2.75) is 32.8 Å². The second-order valence-corrected chi connectivity index (χ2v) is 8.15. The molecule has 4 nitrogen and oxygen atoms in total. The Kier molecular flexibility index (Phi) is 7.59. The summed E-state index contributed by atoms with van der Waals surface area (Å²) in [6.45, 7) is 8.02. The van der Waals surface area contributed by atoms with E-state index in [0.717, 1.165) is 61.1 Å². The number of ether oxygens (including phenoxy) is 1. The van der Waals surface area contributed by atoms with Crippen LogP contribution in [-0.4, -0.2) is 43.1 Å². The molecular formula is C19H28BrClN2O2. The molecule has 1 amide bonds. The summed E-state index contributed by atoms with van der Waals surface area (Å²) in [5.41, 5.74) is 0. The number of nitrogens with one attached hydrogen (secondary N) is 1. The second-order valence-electron chi connectivity index (χ2n) is 7.29. The third-order valence-corrected chi connectivity index (χ3v) is 5.93. The van der Waals surface area contributed by atoms with E-state index in [1.807, 2.05) is 29.2 Å². The highest BCUT2D eigenvalue weighted by atomic mass is 79.9. The van der Waals surface area contributed by atoms with Crippen LogP contribution in [0.25, 0.3) is 0 Å². The van der Waals surface area contributed by atoms with Gasteiger partial charge in [-0.25, -0.2) is 0 Å². The highest BCUT2D eigenvalue weighted by molar-refractivity contribution is 9.10. The fourth-order valence-corrected chi connectivity index (χ4v) is 4.15. The fourth-order valence-electron chi connectivity index (χ4n) is 3.77. The minimum absolute atomic E-state index is 0. The zero-order valence-electron chi connectivity index (χ0n) is 14.9. The Balaban J connectivity index is 0.00000225. The summed E-state index contributed by atoms with van der Waals surface area (Å²) in [5.74, 6) is 2.46. The minimum Gasteiger partial charge on any atom is -0.479 e. The van der Waals surface area contributed by atoms with Crippen LogP contribution in [-0.2, 0) is 4.79 Å². The lowest BCUT2D eigenvalue weighted by atomic mass is 9.92. The summed E-state index contributed by atoms with van der Waals surface area (Å²) in [4.78, 5) is 15.1. The molecule has 1 aromatic rings. The van der Waals surface area contributed by atoms with Gasteiger partial charge in [-0.3, -0.25) is 4.79 Å². The topological polar surface area (TPSA) is 41.6 Å². The molecule has 2 aliphatic heterocycles. The van der Waals surface area contributed by atoms with E-state index in [0.29, 0.717) is 0 Å². The SMILES string of the molecule is CC(C)C(Oc1ccccc1Br)C(=O)N1CC[C@@H]2CNC[C@@H]2CC1.Cl. The van der Waals surface area contributed by atoms with Gasteiger partial charge in [-0.05, 0) is 71.7 Å². The van der Waals surface area contributed by atoms with Crippen molar-refractivity contribution in [3.63, 3.8) is 0 Å². The maximum Gasteiger partial charge on any atom is 0.263 e. The smallest absolute Gasteiger partial charge is 0.263 e. The quantitative estimate of drug-likeness (QED) is 0.790. The van der Waals surface area contributed by atoms with Gasteiger partial charge in [0.25, 0.3) is 5.91 Å². The molecule has 0 saturated carbocycles. The van der Waals surface area contributed by atoms with E-state index in [-0.39, 0.29) is 24.2 Å². The average molecular weight is 432 g/mol. The molecule has 25 heavy (non-hydrogen) atoms. The Labute approximate surface area is 165 Å². The predicted molar refractivity (Wildman–Crippen MR) is 106 cm³/mol. The number of para-hydroxylation sites is 1. The number of halogens is 2. The van der Waals surface area contributed by atoms with Crippen molar-refractivity contribution in [3.05, 3.63) is 28.7 Å². The number of rotatable bonds is 4. The van der Waals surface area contributed by atoms with Gasteiger partial charge < -0.3 is 15.0 Å². The van der Waals surface area contributed by atoms with Crippen LogP contribution < -0.4 is 10.1 Å². The maximum absolute atomic E-state index is 13.1. The molecule has 0 radical (unpaired) electrons. The molecule has 0 bridgehead atoms. The molecule has 2 aliphatic rings. The number of likely N-dealkylation sites (tertiary alicyclic amines) is 1. The van der Waals surface area contributed by atoms with Crippen molar-refractivity contribution in [3.8, 4) is 5.75 Å². The standard InChI is InChI=1S/C19H27BrN2O2.ClH/c1-13(2)18(24-17-6-4-3-5-16(17)20)19(23)22-9-7-14-11-21-12-15(14)8-10-22;/h3-6,13-15,18,21H,7-12H2,1-2H3;1H/t14-,15+,18?;. The lowest BCUT2D eigenvalue weighted by molar-refractivity contribution is -0.140. The Morgan fingerprint density at radius 3 is 2.36 bits per heavy atom. The van der Waals surface area contributed by atoms with Crippen LogP contribution in [0.1, 0.15) is 26.7 Å². The highest BCUT2D eigenvalue weighted by Crippen LogP contribution is 2.29. The van der Waals surface area contributed by atoms with Crippen LogP contribution in [0.2, 0.25) is 0 Å². The lowest BCUT2D eigenvalue weighted by Crippen LogP contribution is -2.45. The zero-order chi connectivity index (χ0) is 17.1. The molecule has 0 spiro atoms. The Morgan fingerprint density at radius 2 is 1.80 bits per heavy atom. The van der Waals surface area contributed by atoms with Gasteiger partial charge in [0.15, 0.2) is 6.10 Å². The summed E-state index contributed by atoms with van der Waals surface area (Å²) in [6, 6.07) is 7.73. The average Bonchev–Trinajstić information content (AvgIpc) is 2.92. The first-order valence-electron chi connectivity index (χ1n) is 8.97. The Hall–Kier alpha value is -0.780. The van der Waals surface area contributed by atoms with Gasteiger partial charge in [0, 0.05) is 13.1 Å². The summed E-state index contributed by atoms with van der Waals surface area (Å²) in [6.07, 6.45) is 1.77. The highest BCUT2D eigenvalue weighted by Gasteiger charge is 2.35. The molecule has 2 fully saturated rings. The van der Waals surface area contributed by atoms with Crippen molar-refractivity contribution in [2.24, 2.45) is 17.8 Å². The van der Waals surface area contributed by atoms with Gasteiger partial charge in [-0.1, -0.05) is 26.0 Å². The van der Waals surface area contributed by atoms with E-state index < -0.39 is 6.10 Å². The number of carbonyl (C=O) groups excluding carboxylic acids is 1. The van der Waals surface area contributed by atoms with Crippen LogP contribution in [0, 0.1) is 17.8 Å². The first-order chi connectivity index (χ1) is 11.6. The largest absolute Gasteiger partial charge is 0.479 e. The number of benzene rings is 1. The van der Waals surface area contributed by atoms with E-state index in [1.54, 1.807) is 0 Å². The first kappa shape index (κ1) is 20.5. The third-order valence-electron chi connectivity index (χ3n) is 5.27. The molecule has 140 valence electrons. The van der Waals surface area contributed by atoms with E-state index in [1.165, 1.54) is 0 Å². The normalized spacial score (nSPS) is 24.2. The van der Waals surface area contributed by atoms with Crippen molar-refractivity contribution < 1.29 is 9.53 Å². The van der Waals surface area contributed by atoms with Gasteiger partial charge in [0.1, 0.15) is 5.75 Å². The zero-order valence-corrected chi connectivity index (χ0v) is 17.3. The monoisotopic (exact) mass is 430 g/mol. The molecule has 0 aliphatic carbocycles. The van der Waals surface area contributed by atoms with Crippen LogP contribution in [0.15, 0.2) is 28.7 Å². The van der Waals surface area contributed by atoms with Gasteiger partial charge in [-0.15, -0.1) is 12.4 Å². The molecule has 2 saturated heterocycles. The number of amides is 1. The number of hydrogen-bond acceptors (Lipinski definition) is 3. The van der Waals surface area contributed by atoms with Crippen molar-refractivity contribution in [2.75, 3.05) is 26.2 Å². The molecule has 3 rings (SSSR count). The summed E-state index contributed by atoms with van der Waals surface area (Å²) in [5, 5.41) is 3.48. The molecule has 1 N–H and O–H groups in total. The van der Waals surface area contributed by atoms with E-state index >= 15 is 0 Å². The predicted octanol–water partition coefficient (Wildman–Crippen LogP) is 3.73. The molecular weight excluding hydrogens is 404 g/mol. The van der Waals surface area contributed by atoms with Gasteiger partial charge >= 0.3 is 0 Å². The molecule has 2 heterocycles. The third kappa shape index (κ3) is 4.89. The fraction of sp³-hybridized carbons (Fsp3) is 0.632. The van der Waals surface area contributed by atoms with Crippen LogP contribution in [0.5, 0.6) is 5.75 Å². The lowest BCUT2D eigenvalue weighted by Gasteiger charge is -2.29. The van der Waals surface area contributed by atoms with Gasteiger partial charge in [0.05, 0.1) is 4.47 Å². The maximum atomic E-state index is 13.1. The molecule has 3 atom stereocenters. The number of fused-ring (bicyclic) bond motifs is 1. The van der Waals surface area contributed by atoms with Crippen LogP contribution >= 0.6 is 28.3 Å². The number of carbonyl (C=O) groups is 1. The summed E-state index contributed by atoms with van der Waals surface area (Å²) in [7, 11) is 0. The van der Waals surface area contributed by atoms with Crippen LogP contribution in [0.3, 0.4) is 0 Å². The van der Waals surface area contributed by atoms with Crippen molar-refractivity contribution in [1.82, 2.24) is 10.2 Å². The number of nitrogens with zero attached hydrogens (tertiary/aromatic N) is 1. The van der Waals surface area contributed by atoms with E-state index in [2.05, 4.69) is 35.1 Å². The number of hydrogen-bond donors (Lipinski definition) is 1. The second kappa shape index (κ2) is 9.24. The first-order valence-corrected chi connectivity index (χ1v) is 9.76. The Morgan fingerprint density at radius 1 is 1.20 bits per heavy atom. The molecule has 1 aromatic carbocycles. The van der Waals surface area contributed by atoms with Crippen LogP contribution in [0.4, 0.5) is 0 Å². The summed E-state index contributed by atoms with van der Waals surface area (Å²) >= 11 is 3.51. The van der Waals surface area contributed by atoms with Crippen molar-refractivity contribution >= 4 is 34.2 Å². The Bertz CT molecular complexity index is 570. The molecule has 6 heteroatoms.